The van der Waals surface area contributed by atoms with Crippen molar-refractivity contribution in [3.63, 3.8) is 0 Å². The van der Waals surface area contributed by atoms with Gasteiger partial charge >= 0.3 is 11.9 Å². The van der Waals surface area contributed by atoms with E-state index < -0.39 is 5.97 Å². The number of carbonyl (C=O) groups is 2. The zero-order chi connectivity index (χ0) is 20.2. The smallest absolute Gasteiger partial charge is 0.343 e. The van der Waals surface area contributed by atoms with Crippen LogP contribution in [0.1, 0.15) is 62.7 Å². The summed E-state index contributed by atoms with van der Waals surface area (Å²) in [6.07, 6.45) is 5.72. The first-order valence-electron chi connectivity index (χ1n) is 9.88. The van der Waals surface area contributed by atoms with Crippen LogP contribution < -0.4 is 14.2 Å². The van der Waals surface area contributed by atoms with Gasteiger partial charge in [-0.1, -0.05) is 33.1 Å². The van der Waals surface area contributed by atoms with Crippen LogP contribution >= 0.6 is 0 Å². The summed E-state index contributed by atoms with van der Waals surface area (Å²) in [6, 6.07) is 13.3. The fourth-order valence-electron chi connectivity index (χ4n) is 2.53. The Morgan fingerprint density at radius 2 is 1.32 bits per heavy atom. The highest BCUT2D eigenvalue weighted by Gasteiger charge is 2.10. The Labute approximate surface area is 166 Å². The molecule has 28 heavy (non-hydrogen) atoms. The molecule has 2 rings (SSSR count). The van der Waals surface area contributed by atoms with Gasteiger partial charge in [-0.15, -0.1) is 0 Å². The molecule has 0 saturated carbocycles. The zero-order valence-electron chi connectivity index (χ0n) is 16.6. The molecule has 0 saturated heterocycles. The fraction of sp³-hybridized carbons (Fsp3) is 0.391. The van der Waals surface area contributed by atoms with Crippen LogP contribution in [0.3, 0.4) is 0 Å². The molecular formula is C23H28O5. The molecule has 5 heteroatoms. The number of unbranched alkanes of at least 4 members (excludes halogenated alkanes) is 3. The highest BCUT2D eigenvalue weighted by atomic mass is 16.5. The summed E-state index contributed by atoms with van der Waals surface area (Å²) in [5.74, 6) is 0.858. The molecule has 2 aromatic carbocycles. The molecule has 0 heterocycles. The molecule has 0 aromatic heterocycles. The molecule has 0 amide bonds. The maximum Gasteiger partial charge on any atom is 0.343 e. The van der Waals surface area contributed by atoms with Crippen molar-refractivity contribution in [1.29, 1.82) is 0 Å². The van der Waals surface area contributed by atoms with E-state index in [0.717, 1.165) is 18.6 Å². The summed E-state index contributed by atoms with van der Waals surface area (Å²) in [4.78, 5) is 23.7. The normalized spacial score (nSPS) is 10.4. The van der Waals surface area contributed by atoms with Crippen molar-refractivity contribution in [3.8, 4) is 17.2 Å². The molecule has 0 N–H and O–H groups in total. The van der Waals surface area contributed by atoms with Crippen LogP contribution in [0.25, 0.3) is 0 Å². The van der Waals surface area contributed by atoms with Gasteiger partial charge in [-0.25, -0.2) is 4.79 Å². The van der Waals surface area contributed by atoms with E-state index in [2.05, 4.69) is 6.92 Å². The molecule has 0 aliphatic heterocycles. The predicted molar refractivity (Wildman–Crippen MR) is 108 cm³/mol. The third kappa shape index (κ3) is 7.43. The van der Waals surface area contributed by atoms with Gasteiger partial charge < -0.3 is 14.2 Å². The minimum Gasteiger partial charge on any atom is -0.494 e. The van der Waals surface area contributed by atoms with Crippen LogP contribution in [0.15, 0.2) is 48.5 Å². The Hall–Kier alpha value is -2.82. The molecule has 5 nitrogen and oxygen atoms in total. The monoisotopic (exact) mass is 384 g/mol. The molecule has 0 radical (unpaired) electrons. The molecule has 0 fully saturated rings. The third-order valence-corrected chi connectivity index (χ3v) is 4.08. The van der Waals surface area contributed by atoms with E-state index in [1.807, 2.05) is 6.92 Å². The zero-order valence-corrected chi connectivity index (χ0v) is 16.6. The Balaban J connectivity index is 1.82. The maximum absolute atomic E-state index is 12.2. The van der Waals surface area contributed by atoms with E-state index in [1.54, 1.807) is 48.5 Å². The maximum atomic E-state index is 12.2. The van der Waals surface area contributed by atoms with Gasteiger partial charge in [0.2, 0.25) is 0 Å². The molecule has 150 valence electrons. The highest BCUT2D eigenvalue weighted by Crippen LogP contribution is 2.20. The average molecular weight is 384 g/mol. The lowest BCUT2D eigenvalue weighted by atomic mass is 10.2. The molecule has 2 aromatic rings. The van der Waals surface area contributed by atoms with Gasteiger partial charge in [-0.3, -0.25) is 4.79 Å². The van der Waals surface area contributed by atoms with Crippen LogP contribution in [-0.4, -0.2) is 18.5 Å². The minimum atomic E-state index is -0.473. The second-order valence-corrected chi connectivity index (χ2v) is 6.52. The standard InChI is InChI=1S/C23H28O5/c1-3-5-6-7-17-26-19-13-15-21(16-14-19)28-23(25)18-9-11-20(12-10-18)27-22(24)8-4-2/h9-16H,3-8,17H2,1-2H3. The second kappa shape index (κ2) is 11.8. The second-order valence-electron chi connectivity index (χ2n) is 6.52. The first-order chi connectivity index (χ1) is 13.6. The SMILES string of the molecule is CCCCCCOc1ccc(OC(=O)c2ccc(OC(=O)CCC)cc2)cc1. The van der Waals surface area contributed by atoms with Crippen molar-refractivity contribution >= 4 is 11.9 Å². The molecular weight excluding hydrogens is 356 g/mol. The summed E-state index contributed by atoms with van der Waals surface area (Å²) in [7, 11) is 0. The lowest BCUT2D eigenvalue weighted by molar-refractivity contribution is -0.134. The summed E-state index contributed by atoms with van der Waals surface area (Å²) in [6.45, 7) is 4.78. The molecule has 0 bridgehead atoms. The fourth-order valence-corrected chi connectivity index (χ4v) is 2.53. The number of carbonyl (C=O) groups excluding carboxylic acids is 2. The van der Waals surface area contributed by atoms with Crippen molar-refractivity contribution in [3.05, 3.63) is 54.1 Å². The molecule has 0 atom stereocenters. The van der Waals surface area contributed by atoms with Crippen molar-refractivity contribution in [2.75, 3.05) is 6.61 Å². The van der Waals surface area contributed by atoms with Crippen molar-refractivity contribution in [1.82, 2.24) is 0 Å². The number of hydrogen-bond donors (Lipinski definition) is 0. The summed E-state index contributed by atoms with van der Waals surface area (Å²) in [5.41, 5.74) is 0.381. The predicted octanol–water partition coefficient (Wildman–Crippen LogP) is 5.57. The Morgan fingerprint density at radius 1 is 0.714 bits per heavy atom. The topological polar surface area (TPSA) is 61.8 Å². The van der Waals surface area contributed by atoms with E-state index in [1.165, 1.54) is 19.3 Å². The Morgan fingerprint density at radius 3 is 1.96 bits per heavy atom. The van der Waals surface area contributed by atoms with Crippen LogP contribution in [-0.2, 0) is 4.79 Å². The largest absolute Gasteiger partial charge is 0.494 e. The number of esters is 2. The number of hydrogen-bond acceptors (Lipinski definition) is 5. The minimum absolute atomic E-state index is 0.287. The van der Waals surface area contributed by atoms with Crippen LogP contribution in [0.2, 0.25) is 0 Å². The van der Waals surface area contributed by atoms with Crippen molar-refractivity contribution < 1.29 is 23.8 Å². The molecule has 0 aliphatic rings. The summed E-state index contributed by atoms with van der Waals surface area (Å²) in [5, 5.41) is 0. The third-order valence-electron chi connectivity index (χ3n) is 4.08. The van der Waals surface area contributed by atoms with E-state index >= 15 is 0 Å². The Kier molecular flexibility index (Phi) is 9.05. The van der Waals surface area contributed by atoms with E-state index in [4.69, 9.17) is 14.2 Å². The van der Waals surface area contributed by atoms with Gasteiger partial charge in [-0.2, -0.15) is 0 Å². The van der Waals surface area contributed by atoms with E-state index in [9.17, 15) is 9.59 Å². The van der Waals surface area contributed by atoms with Crippen LogP contribution in [0.5, 0.6) is 17.2 Å². The van der Waals surface area contributed by atoms with Gasteiger partial charge in [0.15, 0.2) is 0 Å². The molecule has 0 unspecified atom stereocenters. The van der Waals surface area contributed by atoms with Gasteiger partial charge in [0.05, 0.1) is 12.2 Å². The van der Waals surface area contributed by atoms with Gasteiger partial charge in [0, 0.05) is 6.42 Å². The molecule has 0 spiro atoms. The number of benzene rings is 2. The lowest BCUT2D eigenvalue weighted by Crippen LogP contribution is -2.09. The first-order valence-corrected chi connectivity index (χ1v) is 9.88. The quantitative estimate of drug-likeness (QED) is 0.288. The van der Waals surface area contributed by atoms with Crippen molar-refractivity contribution in [2.45, 2.75) is 52.4 Å². The number of rotatable bonds is 11. The van der Waals surface area contributed by atoms with Gasteiger partial charge in [0.25, 0.3) is 0 Å². The van der Waals surface area contributed by atoms with Crippen LogP contribution in [0.4, 0.5) is 0 Å². The highest BCUT2D eigenvalue weighted by molar-refractivity contribution is 5.91. The van der Waals surface area contributed by atoms with Gasteiger partial charge in [0.1, 0.15) is 17.2 Å². The van der Waals surface area contributed by atoms with Gasteiger partial charge in [-0.05, 0) is 61.4 Å². The van der Waals surface area contributed by atoms with E-state index in [-0.39, 0.29) is 5.97 Å². The van der Waals surface area contributed by atoms with Crippen molar-refractivity contribution in [2.24, 2.45) is 0 Å². The first kappa shape index (κ1) is 21.5. The summed E-state index contributed by atoms with van der Waals surface area (Å²) >= 11 is 0. The lowest BCUT2D eigenvalue weighted by Gasteiger charge is -2.08. The molecule has 0 aliphatic carbocycles. The Bertz CT molecular complexity index is 735. The van der Waals surface area contributed by atoms with E-state index in [0.29, 0.717) is 30.1 Å². The van der Waals surface area contributed by atoms with Crippen LogP contribution in [0, 0.1) is 0 Å². The number of ether oxygens (including phenoxy) is 3. The average Bonchev–Trinajstić information content (AvgIpc) is 2.70. The summed E-state index contributed by atoms with van der Waals surface area (Å²) < 4.78 is 16.2.